The standard InChI is InChI=1S/C20H22N4O4/c1-13-5-10-18(27-4)16(11-13)12-23(3)14(2)19-21-22-20(28-19)15-6-8-17(9-7-15)24(25)26/h5-11,14H,12H2,1-4H3/p+1/t14-/m0/s1. The number of hydrogen-bond donors (Lipinski definition) is 1. The normalized spacial score (nSPS) is 13.1. The van der Waals surface area contributed by atoms with Crippen molar-refractivity contribution in [3.8, 4) is 17.2 Å². The summed E-state index contributed by atoms with van der Waals surface area (Å²) in [6, 6.07) is 12.1. The second-order valence-corrected chi connectivity index (χ2v) is 6.81. The van der Waals surface area contributed by atoms with Gasteiger partial charge >= 0.3 is 0 Å². The van der Waals surface area contributed by atoms with E-state index in [-0.39, 0.29) is 11.7 Å². The van der Waals surface area contributed by atoms with Crippen LogP contribution < -0.4 is 9.64 Å². The van der Waals surface area contributed by atoms with Gasteiger partial charge in [-0.3, -0.25) is 10.1 Å². The lowest BCUT2D eigenvalue weighted by Gasteiger charge is -2.20. The first kappa shape index (κ1) is 19.5. The zero-order valence-electron chi connectivity index (χ0n) is 16.3. The predicted molar refractivity (Wildman–Crippen MR) is 103 cm³/mol. The largest absolute Gasteiger partial charge is 0.496 e. The molecule has 0 aliphatic carbocycles. The summed E-state index contributed by atoms with van der Waals surface area (Å²) >= 11 is 0. The van der Waals surface area contributed by atoms with Crippen molar-refractivity contribution in [3.05, 3.63) is 69.6 Å². The fraction of sp³-hybridized carbons (Fsp3) is 0.300. The SMILES string of the molecule is COc1ccc(C)cc1C[NH+](C)[C@@H](C)c1nnc(-c2ccc([N+](=O)[O-])cc2)o1. The second-order valence-electron chi connectivity index (χ2n) is 6.81. The predicted octanol–water partition coefficient (Wildman–Crippen LogP) is 2.74. The average Bonchev–Trinajstić information content (AvgIpc) is 3.17. The number of hydrogen-bond acceptors (Lipinski definition) is 6. The second kappa shape index (κ2) is 8.18. The van der Waals surface area contributed by atoms with Crippen LogP contribution in [-0.4, -0.2) is 29.3 Å². The molecule has 2 aromatic carbocycles. The highest BCUT2D eigenvalue weighted by molar-refractivity contribution is 5.55. The van der Waals surface area contributed by atoms with Crippen LogP contribution in [0.4, 0.5) is 5.69 Å². The van der Waals surface area contributed by atoms with E-state index >= 15 is 0 Å². The van der Waals surface area contributed by atoms with E-state index in [1.165, 1.54) is 22.6 Å². The molecule has 0 saturated carbocycles. The Morgan fingerprint density at radius 3 is 2.57 bits per heavy atom. The van der Waals surface area contributed by atoms with E-state index in [4.69, 9.17) is 9.15 Å². The van der Waals surface area contributed by atoms with Crippen LogP contribution in [-0.2, 0) is 6.54 Å². The van der Waals surface area contributed by atoms with Gasteiger partial charge in [-0.25, -0.2) is 0 Å². The number of non-ortho nitro benzene ring substituents is 1. The van der Waals surface area contributed by atoms with Crippen LogP contribution in [0.15, 0.2) is 46.9 Å². The smallest absolute Gasteiger partial charge is 0.274 e. The fourth-order valence-corrected chi connectivity index (χ4v) is 2.96. The lowest BCUT2D eigenvalue weighted by atomic mass is 10.1. The molecule has 0 amide bonds. The molecule has 3 aromatic rings. The Morgan fingerprint density at radius 1 is 1.21 bits per heavy atom. The van der Waals surface area contributed by atoms with Crippen LogP contribution in [0.2, 0.25) is 0 Å². The number of quaternary nitrogens is 1. The number of nitro groups is 1. The monoisotopic (exact) mass is 383 g/mol. The summed E-state index contributed by atoms with van der Waals surface area (Å²) in [6.45, 7) is 4.81. The molecule has 0 spiro atoms. The highest BCUT2D eigenvalue weighted by atomic mass is 16.6. The maximum absolute atomic E-state index is 10.8. The van der Waals surface area contributed by atoms with Crippen molar-refractivity contribution >= 4 is 5.69 Å². The Bertz CT molecular complexity index is 969. The molecule has 8 heteroatoms. The summed E-state index contributed by atoms with van der Waals surface area (Å²) in [5.41, 5.74) is 2.96. The van der Waals surface area contributed by atoms with Crippen LogP contribution in [0, 0.1) is 17.0 Å². The first-order chi connectivity index (χ1) is 13.4. The molecule has 0 saturated heterocycles. The van der Waals surface area contributed by atoms with E-state index in [0.717, 1.165) is 17.9 Å². The number of nitro benzene ring substituents is 1. The van der Waals surface area contributed by atoms with E-state index in [9.17, 15) is 10.1 Å². The number of nitrogens with one attached hydrogen (secondary N) is 1. The molecular formula is C20H23N4O4+. The lowest BCUT2D eigenvalue weighted by molar-refractivity contribution is -0.925. The number of aromatic nitrogens is 2. The molecule has 0 aliphatic rings. The van der Waals surface area contributed by atoms with Crippen LogP contribution in [0.5, 0.6) is 5.75 Å². The summed E-state index contributed by atoms with van der Waals surface area (Å²) in [6.07, 6.45) is 0. The van der Waals surface area contributed by atoms with Gasteiger partial charge in [0.2, 0.25) is 5.89 Å². The Hall–Kier alpha value is -3.26. The third kappa shape index (κ3) is 4.17. The van der Waals surface area contributed by atoms with Crippen LogP contribution in [0.25, 0.3) is 11.5 Å². The van der Waals surface area contributed by atoms with E-state index in [0.29, 0.717) is 17.3 Å². The van der Waals surface area contributed by atoms with Gasteiger partial charge in [0, 0.05) is 23.3 Å². The van der Waals surface area contributed by atoms with Crippen molar-refractivity contribution in [1.82, 2.24) is 10.2 Å². The molecule has 1 N–H and O–H groups in total. The summed E-state index contributed by atoms with van der Waals surface area (Å²) in [5, 5.41) is 19.0. The van der Waals surface area contributed by atoms with E-state index < -0.39 is 4.92 Å². The summed E-state index contributed by atoms with van der Waals surface area (Å²) in [4.78, 5) is 11.5. The molecule has 0 radical (unpaired) electrons. The minimum Gasteiger partial charge on any atom is -0.496 e. The maximum atomic E-state index is 10.8. The van der Waals surface area contributed by atoms with Gasteiger partial charge in [0.15, 0.2) is 6.04 Å². The Labute approximate surface area is 162 Å². The highest BCUT2D eigenvalue weighted by Crippen LogP contribution is 2.23. The zero-order valence-corrected chi connectivity index (χ0v) is 16.3. The minimum atomic E-state index is -0.441. The quantitative estimate of drug-likeness (QED) is 0.498. The number of methoxy groups -OCH3 is 1. The molecule has 2 atom stereocenters. The average molecular weight is 383 g/mol. The third-order valence-corrected chi connectivity index (χ3v) is 4.78. The van der Waals surface area contributed by atoms with Crippen molar-refractivity contribution < 1.29 is 19.0 Å². The molecular weight excluding hydrogens is 360 g/mol. The Balaban J connectivity index is 1.75. The van der Waals surface area contributed by atoms with Crippen LogP contribution in [0.3, 0.4) is 0 Å². The number of ether oxygens (including phenoxy) is 1. The summed E-state index contributed by atoms with van der Waals surface area (Å²) < 4.78 is 11.3. The van der Waals surface area contributed by atoms with E-state index in [2.05, 4.69) is 30.2 Å². The topological polar surface area (TPSA) is 95.7 Å². The Kier molecular flexibility index (Phi) is 5.70. The first-order valence-electron chi connectivity index (χ1n) is 8.93. The molecule has 0 fully saturated rings. The van der Waals surface area contributed by atoms with Crippen LogP contribution >= 0.6 is 0 Å². The van der Waals surface area contributed by atoms with Crippen molar-refractivity contribution in [1.29, 1.82) is 0 Å². The maximum Gasteiger partial charge on any atom is 0.274 e. The zero-order chi connectivity index (χ0) is 20.3. The third-order valence-electron chi connectivity index (χ3n) is 4.78. The number of aryl methyl sites for hydroxylation is 1. The summed E-state index contributed by atoms with van der Waals surface area (Å²) in [5.74, 6) is 1.71. The van der Waals surface area contributed by atoms with Crippen molar-refractivity contribution in [3.63, 3.8) is 0 Å². The van der Waals surface area contributed by atoms with Crippen molar-refractivity contribution in [2.45, 2.75) is 26.4 Å². The lowest BCUT2D eigenvalue weighted by Crippen LogP contribution is -3.07. The number of benzene rings is 2. The molecule has 1 unspecified atom stereocenters. The van der Waals surface area contributed by atoms with Gasteiger partial charge in [-0.15, -0.1) is 10.2 Å². The molecule has 1 aromatic heterocycles. The summed E-state index contributed by atoms with van der Waals surface area (Å²) in [7, 11) is 3.73. The molecule has 146 valence electrons. The Morgan fingerprint density at radius 2 is 1.93 bits per heavy atom. The molecule has 8 nitrogen and oxygen atoms in total. The van der Waals surface area contributed by atoms with E-state index in [1.807, 2.05) is 19.1 Å². The molecule has 3 rings (SSSR count). The van der Waals surface area contributed by atoms with Gasteiger partial charge in [-0.05, 0) is 38.1 Å². The van der Waals surface area contributed by atoms with Crippen LogP contribution in [0.1, 0.15) is 30.0 Å². The van der Waals surface area contributed by atoms with Crippen molar-refractivity contribution in [2.24, 2.45) is 0 Å². The minimum absolute atomic E-state index is 0.0214. The number of nitrogens with zero attached hydrogens (tertiary/aromatic N) is 3. The van der Waals surface area contributed by atoms with Gasteiger partial charge < -0.3 is 14.1 Å². The van der Waals surface area contributed by atoms with Gasteiger partial charge in [-0.2, -0.15) is 0 Å². The molecule has 0 aliphatic heterocycles. The van der Waals surface area contributed by atoms with Gasteiger partial charge in [-0.1, -0.05) is 11.6 Å². The molecule has 0 bridgehead atoms. The van der Waals surface area contributed by atoms with Crippen molar-refractivity contribution in [2.75, 3.05) is 14.2 Å². The van der Waals surface area contributed by atoms with Gasteiger partial charge in [0.25, 0.3) is 11.6 Å². The highest BCUT2D eigenvalue weighted by Gasteiger charge is 2.24. The van der Waals surface area contributed by atoms with E-state index in [1.54, 1.807) is 19.2 Å². The molecule has 28 heavy (non-hydrogen) atoms. The fourth-order valence-electron chi connectivity index (χ4n) is 2.96. The molecule has 1 heterocycles. The van der Waals surface area contributed by atoms with Gasteiger partial charge in [0.1, 0.15) is 12.3 Å². The number of rotatable bonds is 7. The first-order valence-corrected chi connectivity index (χ1v) is 8.93. The van der Waals surface area contributed by atoms with Gasteiger partial charge in [0.05, 0.1) is 19.1 Å².